The van der Waals surface area contributed by atoms with Crippen LogP contribution in [0.2, 0.25) is 0 Å². The first-order valence-corrected chi connectivity index (χ1v) is 10.6. The van der Waals surface area contributed by atoms with Crippen molar-refractivity contribution >= 4 is 5.91 Å². The van der Waals surface area contributed by atoms with Crippen LogP contribution in [0.3, 0.4) is 0 Å². The van der Waals surface area contributed by atoms with E-state index in [1.54, 1.807) is 0 Å². The van der Waals surface area contributed by atoms with Gasteiger partial charge in [0.05, 0.1) is 11.8 Å². The minimum Gasteiger partial charge on any atom is -0.441 e. The first-order valence-electron chi connectivity index (χ1n) is 10.6. The zero-order chi connectivity index (χ0) is 21.9. The van der Waals surface area contributed by atoms with Gasteiger partial charge < -0.3 is 9.73 Å². The summed E-state index contributed by atoms with van der Waals surface area (Å²) in [6, 6.07) is 3.28. The molecule has 1 N–H and O–H groups in total. The Labute approximate surface area is 176 Å². The number of carbonyl (C=O) groups is 1. The van der Waals surface area contributed by atoms with E-state index in [0.29, 0.717) is 30.7 Å². The number of carbonyl (C=O) groups excluding carboxylic acids is 1. The Morgan fingerprint density at radius 3 is 2.63 bits per heavy atom. The normalized spacial score (nSPS) is 20.3. The van der Waals surface area contributed by atoms with Crippen LogP contribution in [0.4, 0.5) is 8.78 Å². The fraction of sp³-hybridized carbons (Fsp3) is 0.565. The third kappa shape index (κ3) is 5.65. The second-order valence-electron chi connectivity index (χ2n) is 9.18. The molecule has 2 aromatic rings. The predicted molar refractivity (Wildman–Crippen MR) is 112 cm³/mol. The van der Waals surface area contributed by atoms with Gasteiger partial charge in [-0.3, -0.25) is 9.69 Å². The van der Waals surface area contributed by atoms with Crippen molar-refractivity contribution in [2.75, 3.05) is 19.6 Å². The van der Waals surface area contributed by atoms with Gasteiger partial charge in [0.2, 0.25) is 5.91 Å². The Morgan fingerprint density at radius 2 is 1.97 bits per heavy atom. The van der Waals surface area contributed by atoms with Crippen LogP contribution in [-0.4, -0.2) is 41.0 Å². The number of benzene rings is 1. The summed E-state index contributed by atoms with van der Waals surface area (Å²) in [6.07, 6.45) is 3.19. The van der Waals surface area contributed by atoms with E-state index >= 15 is 0 Å². The molecule has 0 radical (unpaired) electrons. The van der Waals surface area contributed by atoms with Crippen LogP contribution in [0, 0.1) is 23.5 Å². The fourth-order valence-electron chi connectivity index (χ4n) is 4.13. The van der Waals surface area contributed by atoms with Gasteiger partial charge in [-0.2, -0.15) is 0 Å². The summed E-state index contributed by atoms with van der Waals surface area (Å²) in [5.74, 6) is 0.457. The first-order chi connectivity index (χ1) is 14.1. The lowest BCUT2D eigenvalue weighted by atomic mass is 9.88. The number of nitrogens with zero attached hydrogens (tertiary/aromatic N) is 2. The molecule has 1 saturated heterocycles. The van der Waals surface area contributed by atoms with E-state index in [-0.39, 0.29) is 29.2 Å². The molecule has 1 aliphatic heterocycles. The number of piperidine rings is 1. The minimum atomic E-state index is -0.709. The molecule has 7 heteroatoms. The largest absolute Gasteiger partial charge is 0.441 e. The summed E-state index contributed by atoms with van der Waals surface area (Å²) in [7, 11) is 0. The summed E-state index contributed by atoms with van der Waals surface area (Å²) >= 11 is 0. The molecule has 3 rings (SSSR count). The van der Waals surface area contributed by atoms with E-state index < -0.39 is 11.6 Å². The van der Waals surface area contributed by atoms with E-state index in [1.807, 2.05) is 0 Å². The number of rotatable bonds is 7. The molecule has 2 unspecified atom stereocenters. The van der Waals surface area contributed by atoms with E-state index in [2.05, 4.69) is 42.9 Å². The van der Waals surface area contributed by atoms with Crippen molar-refractivity contribution in [3.8, 4) is 11.3 Å². The number of aryl methyl sites for hydroxylation is 1. The van der Waals surface area contributed by atoms with E-state index in [0.717, 1.165) is 19.2 Å². The highest BCUT2D eigenvalue weighted by molar-refractivity contribution is 5.76. The third-order valence-electron chi connectivity index (χ3n) is 5.76. The highest BCUT2D eigenvalue weighted by Gasteiger charge is 2.32. The summed E-state index contributed by atoms with van der Waals surface area (Å²) in [4.78, 5) is 18.9. The lowest BCUT2D eigenvalue weighted by Crippen LogP contribution is -2.56. The lowest BCUT2D eigenvalue weighted by molar-refractivity contribution is -0.121. The molecule has 1 aliphatic rings. The van der Waals surface area contributed by atoms with Gasteiger partial charge in [0.1, 0.15) is 11.6 Å². The SMILES string of the molecule is CC1CC(C)CN(C(C)(C)CNC(=O)CCc2ncc(-c3ccc(F)cc3F)o2)C1. The Hall–Kier alpha value is -2.28. The quantitative estimate of drug-likeness (QED) is 0.722. The molecule has 0 bridgehead atoms. The van der Waals surface area contributed by atoms with Crippen LogP contribution in [0.5, 0.6) is 0 Å². The maximum absolute atomic E-state index is 13.9. The zero-order valence-corrected chi connectivity index (χ0v) is 18.2. The average molecular weight is 420 g/mol. The van der Waals surface area contributed by atoms with Crippen molar-refractivity contribution in [3.63, 3.8) is 0 Å². The van der Waals surface area contributed by atoms with Crippen LogP contribution in [0.1, 0.15) is 46.4 Å². The summed E-state index contributed by atoms with van der Waals surface area (Å²) in [6.45, 7) is 11.5. The number of hydrogen-bond acceptors (Lipinski definition) is 4. The summed E-state index contributed by atoms with van der Waals surface area (Å²) in [5.41, 5.74) is 0.0285. The minimum absolute atomic E-state index is 0.0751. The standard InChI is InChI=1S/C23H31F2N3O2/c1-15-9-16(2)13-28(12-15)23(3,4)14-27-21(29)7-8-22-26-11-20(30-22)18-6-5-17(24)10-19(18)25/h5-6,10-11,15-16H,7-9,12-14H2,1-4H3,(H,27,29). The van der Waals surface area contributed by atoms with Gasteiger partial charge in [0.25, 0.3) is 0 Å². The molecule has 1 amide bonds. The molecule has 2 atom stereocenters. The average Bonchev–Trinajstić information content (AvgIpc) is 3.12. The molecule has 0 aliphatic carbocycles. The number of halogens is 2. The molecular formula is C23H31F2N3O2. The maximum Gasteiger partial charge on any atom is 0.220 e. The predicted octanol–water partition coefficient (Wildman–Crippen LogP) is 4.43. The molecule has 30 heavy (non-hydrogen) atoms. The molecule has 1 aromatic heterocycles. The molecule has 1 fully saturated rings. The zero-order valence-electron chi connectivity index (χ0n) is 18.2. The van der Waals surface area contributed by atoms with E-state index in [9.17, 15) is 13.6 Å². The highest BCUT2D eigenvalue weighted by Crippen LogP contribution is 2.27. The number of nitrogens with one attached hydrogen (secondary N) is 1. The van der Waals surface area contributed by atoms with E-state index in [1.165, 1.54) is 24.8 Å². The molecule has 0 saturated carbocycles. The molecule has 164 valence electrons. The van der Waals surface area contributed by atoms with Crippen molar-refractivity contribution in [1.29, 1.82) is 0 Å². The second-order valence-corrected chi connectivity index (χ2v) is 9.18. The Morgan fingerprint density at radius 1 is 1.27 bits per heavy atom. The monoisotopic (exact) mass is 419 g/mol. The Kier molecular flexibility index (Phi) is 6.91. The number of likely N-dealkylation sites (tertiary alicyclic amines) is 1. The summed E-state index contributed by atoms with van der Waals surface area (Å²) < 4.78 is 32.5. The Balaban J connectivity index is 1.49. The lowest BCUT2D eigenvalue weighted by Gasteiger charge is -2.45. The summed E-state index contributed by atoms with van der Waals surface area (Å²) in [5, 5.41) is 3.02. The van der Waals surface area contributed by atoms with Crippen molar-refractivity contribution in [2.45, 2.75) is 52.5 Å². The van der Waals surface area contributed by atoms with Gasteiger partial charge in [0.15, 0.2) is 11.7 Å². The van der Waals surface area contributed by atoms with Gasteiger partial charge in [-0.05, 0) is 44.2 Å². The maximum atomic E-state index is 13.9. The Bertz CT molecular complexity index is 871. The molecule has 2 heterocycles. The van der Waals surface area contributed by atoms with E-state index in [4.69, 9.17) is 4.42 Å². The van der Waals surface area contributed by atoms with Gasteiger partial charge in [-0.25, -0.2) is 13.8 Å². The molecule has 1 aromatic carbocycles. The molecule has 5 nitrogen and oxygen atoms in total. The van der Waals surface area contributed by atoms with Gasteiger partial charge in [-0.15, -0.1) is 0 Å². The van der Waals surface area contributed by atoms with Crippen molar-refractivity contribution in [1.82, 2.24) is 15.2 Å². The van der Waals surface area contributed by atoms with Crippen molar-refractivity contribution in [3.05, 3.63) is 41.9 Å². The van der Waals surface area contributed by atoms with Gasteiger partial charge in [-0.1, -0.05) is 13.8 Å². The number of aromatic nitrogens is 1. The van der Waals surface area contributed by atoms with Crippen LogP contribution in [0.25, 0.3) is 11.3 Å². The number of oxazole rings is 1. The van der Waals surface area contributed by atoms with Gasteiger partial charge >= 0.3 is 0 Å². The van der Waals surface area contributed by atoms with Crippen molar-refractivity contribution in [2.24, 2.45) is 11.8 Å². The van der Waals surface area contributed by atoms with Crippen molar-refractivity contribution < 1.29 is 18.0 Å². The van der Waals surface area contributed by atoms with Crippen LogP contribution >= 0.6 is 0 Å². The second kappa shape index (κ2) is 9.25. The van der Waals surface area contributed by atoms with Crippen LogP contribution in [0.15, 0.2) is 28.8 Å². The molecular weight excluding hydrogens is 388 g/mol. The number of amides is 1. The van der Waals surface area contributed by atoms with Crippen LogP contribution < -0.4 is 5.32 Å². The smallest absolute Gasteiger partial charge is 0.220 e. The first kappa shape index (κ1) is 22.4. The topological polar surface area (TPSA) is 58.4 Å². The third-order valence-corrected chi connectivity index (χ3v) is 5.76. The van der Waals surface area contributed by atoms with Crippen LogP contribution in [-0.2, 0) is 11.2 Å². The molecule has 0 spiro atoms. The highest BCUT2D eigenvalue weighted by atomic mass is 19.1. The fourth-order valence-corrected chi connectivity index (χ4v) is 4.13. The number of hydrogen-bond donors (Lipinski definition) is 1. The van der Waals surface area contributed by atoms with Gasteiger partial charge in [0, 0.05) is 44.1 Å².